The highest BCUT2D eigenvalue weighted by molar-refractivity contribution is 5.75. The van der Waals surface area contributed by atoms with Gasteiger partial charge in [-0.3, -0.25) is 4.79 Å². The van der Waals surface area contributed by atoms with Crippen LogP contribution in [0.2, 0.25) is 0 Å². The van der Waals surface area contributed by atoms with E-state index in [1.165, 1.54) is 0 Å². The predicted octanol–water partition coefficient (Wildman–Crippen LogP) is 2.13. The maximum Gasteiger partial charge on any atom is 0.311 e. The van der Waals surface area contributed by atoms with Crippen LogP contribution >= 0.6 is 0 Å². The molecular formula is C11H22O3. The van der Waals surface area contributed by atoms with Crippen molar-refractivity contribution in [3.63, 3.8) is 0 Å². The standard InChI is InChI=1S/C11H22O3/c1-8(7-11(5,6)13)14-9(12)10(2,3)4/h8,13H,7H2,1-6H3. The Morgan fingerprint density at radius 1 is 1.29 bits per heavy atom. The number of aliphatic hydroxyl groups is 1. The third-order valence-corrected chi connectivity index (χ3v) is 1.71. The molecule has 14 heavy (non-hydrogen) atoms. The highest BCUT2D eigenvalue weighted by atomic mass is 16.5. The van der Waals surface area contributed by atoms with E-state index in [0.29, 0.717) is 6.42 Å². The molecule has 0 fully saturated rings. The number of carbonyl (C=O) groups excluding carboxylic acids is 1. The summed E-state index contributed by atoms with van der Waals surface area (Å²) < 4.78 is 5.19. The monoisotopic (exact) mass is 202 g/mol. The molecule has 0 aromatic rings. The van der Waals surface area contributed by atoms with Crippen LogP contribution in [0.15, 0.2) is 0 Å². The van der Waals surface area contributed by atoms with Crippen molar-refractivity contribution in [2.24, 2.45) is 5.41 Å². The first-order valence-corrected chi connectivity index (χ1v) is 4.96. The lowest BCUT2D eigenvalue weighted by molar-refractivity contribution is -0.159. The summed E-state index contributed by atoms with van der Waals surface area (Å²) in [7, 11) is 0. The molecule has 0 aliphatic carbocycles. The Balaban J connectivity index is 4.09. The summed E-state index contributed by atoms with van der Waals surface area (Å²) in [6.07, 6.45) is 0.205. The van der Waals surface area contributed by atoms with Crippen LogP contribution in [0, 0.1) is 5.41 Å². The Kier molecular flexibility index (Phi) is 4.13. The van der Waals surface area contributed by atoms with Gasteiger partial charge >= 0.3 is 5.97 Å². The van der Waals surface area contributed by atoms with Gasteiger partial charge in [-0.2, -0.15) is 0 Å². The van der Waals surface area contributed by atoms with Gasteiger partial charge < -0.3 is 9.84 Å². The van der Waals surface area contributed by atoms with Gasteiger partial charge in [-0.1, -0.05) is 0 Å². The van der Waals surface area contributed by atoms with Gasteiger partial charge in [0.15, 0.2) is 0 Å². The van der Waals surface area contributed by atoms with Gasteiger partial charge in [0, 0.05) is 6.42 Å². The van der Waals surface area contributed by atoms with Crippen LogP contribution in [0.5, 0.6) is 0 Å². The number of ether oxygens (including phenoxy) is 1. The first kappa shape index (κ1) is 13.4. The average molecular weight is 202 g/mol. The molecule has 0 aliphatic heterocycles. The Morgan fingerprint density at radius 3 is 2.00 bits per heavy atom. The zero-order valence-electron chi connectivity index (χ0n) is 10.0. The molecule has 1 unspecified atom stereocenters. The lowest BCUT2D eigenvalue weighted by atomic mass is 9.96. The van der Waals surface area contributed by atoms with E-state index in [2.05, 4.69) is 0 Å². The van der Waals surface area contributed by atoms with Crippen molar-refractivity contribution in [1.29, 1.82) is 0 Å². The molecule has 0 rings (SSSR count). The van der Waals surface area contributed by atoms with Crippen molar-refractivity contribution >= 4 is 5.97 Å². The van der Waals surface area contributed by atoms with Gasteiger partial charge in [-0.15, -0.1) is 0 Å². The van der Waals surface area contributed by atoms with Gasteiger partial charge in [0.05, 0.1) is 11.0 Å². The maximum atomic E-state index is 11.5. The van der Waals surface area contributed by atoms with E-state index in [0.717, 1.165) is 0 Å². The van der Waals surface area contributed by atoms with Crippen LogP contribution in [0.1, 0.15) is 48.0 Å². The van der Waals surface area contributed by atoms with Crippen LogP contribution in [-0.4, -0.2) is 22.8 Å². The molecule has 0 heterocycles. The van der Waals surface area contributed by atoms with E-state index in [1.807, 2.05) is 20.8 Å². The molecule has 0 aliphatic rings. The van der Waals surface area contributed by atoms with Gasteiger partial charge in [0.2, 0.25) is 0 Å². The third kappa shape index (κ3) is 5.97. The predicted molar refractivity (Wildman–Crippen MR) is 55.9 cm³/mol. The molecule has 1 atom stereocenters. The molecule has 0 bridgehead atoms. The van der Waals surface area contributed by atoms with Crippen molar-refractivity contribution in [3.05, 3.63) is 0 Å². The Bertz CT molecular complexity index is 196. The lowest BCUT2D eigenvalue weighted by Crippen LogP contribution is -2.32. The van der Waals surface area contributed by atoms with Gasteiger partial charge in [0.1, 0.15) is 6.10 Å². The molecule has 3 nitrogen and oxygen atoms in total. The first-order valence-electron chi connectivity index (χ1n) is 4.96. The van der Waals surface area contributed by atoms with Crippen molar-refractivity contribution in [3.8, 4) is 0 Å². The average Bonchev–Trinajstić information content (AvgIpc) is 1.79. The first-order chi connectivity index (χ1) is 6.02. The SMILES string of the molecule is CC(CC(C)(C)O)OC(=O)C(C)(C)C. The molecule has 0 saturated carbocycles. The fourth-order valence-electron chi connectivity index (χ4n) is 1.10. The summed E-state index contributed by atoms with van der Waals surface area (Å²) in [4.78, 5) is 11.5. The number of rotatable bonds is 3. The second-order valence-corrected chi connectivity index (χ2v) is 5.48. The second-order valence-electron chi connectivity index (χ2n) is 5.48. The molecule has 84 valence electrons. The molecular weight excluding hydrogens is 180 g/mol. The number of carbonyl (C=O) groups is 1. The summed E-state index contributed by atoms with van der Waals surface area (Å²) in [6, 6.07) is 0. The third-order valence-electron chi connectivity index (χ3n) is 1.71. The summed E-state index contributed by atoms with van der Waals surface area (Å²) in [5.41, 5.74) is -1.27. The van der Waals surface area contributed by atoms with Crippen molar-refractivity contribution < 1.29 is 14.6 Å². The van der Waals surface area contributed by atoms with Gasteiger partial charge in [-0.25, -0.2) is 0 Å². The minimum atomic E-state index is -0.794. The minimum Gasteiger partial charge on any atom is -0.462 e. The maximum absolute atomic E-state index is 11.5. The zero-order valence-corrected chi connectivity index (χ0v) is 10.0. The van der Waals surface area contributed by atoms with E-state index in [-0.39, 0.29) is 12.1 Å². The number of esters is 1. The van der Waals surface area contributed by atoms with Gasteiger partial charge in [-0.05, 0) is 41.5 Å². The van der Waals surface area contributed by atoms with Crippen molar-refractivity contribution in [2.45, 2.75) is 59.7 Å². The lowest BCUT2D eigenvalue weighted by Gasteiger charge is -2.25. The molecule has 0 radical (unpaired) electrons. The topological polar surface area (TPSA) is 46.5 Å². The van der Waals surface area contributed by atoms with E-state index >= 15 is 0 Å². The van der Waals surface area contributed by atoms with E-state index in [1.54, 1.807) is 20.8 Å². The van der Waals surface area contributed by atoms with Crippen LogP contribution in [0.3, 0.4) is 0 Å². The Morgan fingerprint density at radius 2 is 1.71 bits per heavy atom. The molecule has 0 aromatic heterocycles. The minimum absolute atomic E-state index is 0.228. The van der Waals surface area contributed by atoms with Crippen molar-refractivity contribution in [2.75, 3.05) is 0 Å². The highest BCUT2D eigenvalue weighted by Crippen LogP contribution is 2.19. The summed E-state index contributed by atoms with van der Waals surface area (Å²) >= 11 is 0. The molecule has 0 aromatic carbocycles. The van der Waals surface area contributed by atoms with E-state index in [4.69, 9.17) is 4.74 Å². The second kappa shape index (κ2) is 4.30. The smallest absolute Gasteiger partial charge is 0.311 e. The molecule has 0 amide bonds. The summed E-state index contributed by atoms with van der Waals surface area (Å²) in [5, 5.41) is 9.51. The summed E-state index contributed by atoms with van der Waals surface area (Å²) in [5.74, 6) is -0.228. The van der Waals surface area contributed by atoms with Gasteiger partial charge in [0.25, 0.3) is 0 Å². The number of hydrogen-bond acceptors (Lipinski definition) is 3. The number of hydrogen-bond donors (Lipinski definition) is 1. The Labute approximate surface area is 86.5 Å². The van der Waals surface area contributed by atoms with Crippen LogP contribution in [0.4, 0.5) is 0 Å². The fraction of sp³-hybridized carbons (Fsp3) is 0.909. The molecule has 1 N–H and O–H groups in total. The van der Waals surface area contributed by atoms with Crippen LogP contribution < -0.4 is 0 Å². The van der Waals surface area contributed by atoms with Crippen LogP contribution in [0.25, 0.3) is 0 Å². The summed E-state index contributed by atoms with van der Waals surface area (Å²) in [6.45, 7) is 10.6. The molecule has 0 spiro atoms. The largest absolute Gasteiger partial charge is 0.462 e. The Hall–Kier alpha value is -0.570. The zero-order chi connectivity index (χ0) is 11.6. The normalized spacial score (nSPS) is 15.1. The fourth-order valence-corrected chi connectivity index (χ4v) is 1.10. The van der Waals surface area contributed by atoms with Crippen LogP contribution in [-0.2, 0) is 9.53 Å². The molecule has 3 heteroatoms. The van der Waals surface area contributed by atoms with E-state index in [9.17, 15) is 9.90 Å². The highest BCUT2D eigenvalue weighted by Gasteiger charge is 2.27. The van der Waals surface area contributed by atoms with E-state index < -0.39 is 11.0 Å². The quantitative estimate of drug-likeness (QED) is 0.713. The molecule has 0 saturated heterocycles. The van der Waals surface area contributed by atoms with Crippen molar-refractivity contribution in [1.82, 2.24) is 0 Å².